The molecule has 2 amide bonds. The van der Waals surface area contributed by atoms with Crippen LogP contribution < -0.4 is 15.6 Å². The van der Waals surface area contributed by atoms with E-state index in [0.717, 1.165) is 16.9 Å². The standard InChI is InChI=1S/C18H14ClFN2O3S/c1-10-3-2-4-12(7-10)25-9-15(23)21-22-18(24)17-16(19)13-6-5-11(20)8-14(13)26-17/h2-8H,9H2,1H3,(H,21,23)(H,22,24). The number of carbonyl (C=O) groups excluding carboxylic acids is 2. The molecule has 3 aromatic rings. The fourth-order valence-corrected chi connectivity index (χ4v) is 3.70. The molecule has 8 heteroatoms. The van der Waals surface area contributed by atoms with Gasteiger partial charge in [-0.05, 0) is 42.8 Å². The fraction of sp³-hybridized carbons (Fsp3) is 0.111. The van der Waals surface area contributed by atoms with Crippen LogP contribution in [0.15, 0.2) is 42.5 Å². The van der Waals surface area contributed by atoms with Crippen LogP contribution in [0.5, 0.6) is 5.75 Å². The van der Waals surface area contributed by atoms with Crippen molar-refractivity contribution < 1.29 is 18.7 Å². The molecule has 0 unspecified atom stereocenters. The second kappa shape index (κ2) is 7.72. The molecule has 2 N–H and O–H groups in total. The van der Waals surface area contributed by atoms with Crippen molar-refractivity contribution in [2.45, 2.75) is 6.92 Å². The van der Waals surface area contributed by atoms with E-state index in [1.54, 1.807) is 12.1 Å². The van der Waals surface area contributed by atoms with Gasteiger partial charge in [0.05, 0.1) is 5.02 Å². The lowest BCUT2D eigenvalue weighted by atomic mass is 10.2. The van der Waals surface area contributed by atoms with Crippen LogP contribution in [-0.4, -0.2) is 18.4 Å². The van der Waals surface area contributed by atoms with Gasteiger partial charge in [0.1, 0.15) is 16.4 Å². The Morgan fingerprint density at radius 1 is 1.19 bits per heavy atom. The molecule has 5 nitrogen and oxygen atoms in total. The predicted octanol–water partition coefficient (Wildman–Crippen LogP) is 3.84. The first-order valence-corrected chi connectivity index (χ1v) is 8.79. The molecule has 0 fully saturated rings. The summed E-state index contributed by atoms with van der Waals surface area (Å²) in [5.41, 5.74) is 5.54. The maximum atomic E-state index is 13.3. The van der Waals surface area contributed by atoms with Crippen molar-refractivity contribution in [1.82, 2.24) is 10.9 Å². The third-order valence-electron chi connectivity index (χ3n) is 3.47. The van der Waals surface area contributed by atoms with Gasteiger partial charge in [0.2, 0.25) is 0 Å². The SMILES string of the molecule is Cc1cccc(OCC(=O)NNC(=O)c2sc3cc(F)ccc3c2Cl)c1. The second-order valence-electron chi connectivity index (χ2n) is 5.49. The Kier molecular flexibility index (Phi) is 5.39. The Morgan fingerprint density at radius 3 is 2.77 bits per heavy atom. The van der Waals surface area contributed by atoms with E-state index in [1.807, 2.05) is 19.1 Å². The number of amides is 2. The molecule has 0 spiro atoms. The molecule has 3 rings (SSSR count). The van der Waals surface area contributed by atoms with Crippen molar-refractivity contribution in [3.63, 3.8) is 0 Å². The van der Waals surface area contributed by atoms with Gasteiger partial charge in [0.25, 0.3) is 11.8 Å². The van der Waals surface area contributed by atoms with E-state index >= 15 is 0 Å². The zero-order chi connectivity index (χ0) is 18.7. The molecule has 0 saturated carbocycles. The van der Waals surface area contributed by atoms with Gasteiger partial charge in [-0.15, -0.1) is 11.3 Å². The number of hydrogen-bond acceptors (Lipinski definition) is 4. The first kappa shape index (κ1) is 18.2. The minimum Gasteiger partial charge on any atom is -0.484 e. The van der Waals surface area contributed by atoms with Crippen molar-refractivity contribution in [2.75, 3.05) is 6.61 Å². The second-order valence-corrected chi connectivity index (χ2v) is 6.92. The zero-order valence-corrected chi connectivity index (χ0v) is 15.2. The van der Waals surface area contributed by atoms with Gasteiger partial charge in [0.15, 0.2) is 6.61 Å². The van der Waals surface area contributed by atoms with Gasteiger partial charge in [-0.3, -0.25) is 20.4 Å². The van der Waals surface area contributed by atoms with E-state index in [2.05, 4.69) is 10.9 Å². The highest BCUT2D eigenvalue weighted by Gasteiger charge is 2.18. The van der Waals surface area contributed by atoms with Crippen LogP contribution in [0.2, 0.25) is 5.02 Å². The quantitative estimate of drug-likeness (QED) is 0.663. The monoisotopic (exact) mass is 392 g/mol. The molecule has 1 heterocycles. The smallest absolute Gasteiger partial charge is 0.281 e. The molecule has 1 aromatic heterocycles. The van der Waals surface area contributed by atoms with Crippen molar-refractivity contribution in [1.29, 1.82) is 0 Å². The number of nitrogens with one attached hydrogen (secondary N) is 2. The van der Waals surface area contributed by atoms with Crippen molar-refractivity contribution >= 4 is 44.8 Å². The highest BCUT2D eigenvalue weighted by Crippen LogP contribution is 2.35. The van der Waals surface area contributed by atoms with Crippen LogP contribution in [0.3, 0.4) is 0 Å². The number of thiophene rings is 1. The number of carbonyl (C=O) groups is 2. The maximum absolute atomic E-state index is 13.3. The van der Waals surface area contributed by atoms with Crippen LogP contribution >= 0.6 is 22.9 Å². The summed E-state index contributed by atoms with van der Waals surface area (Å²) < 4.78 is 19.2. The van der Waals surface area contributed by atoms with Gasteiger partial charge in [0, 0.05) is 10.1 Å². The van der Waals surface area contributed by atoms with E-state index in [4.69, 9.17) is 16.3 Å². The van der Waals surface area contributed by atoms with E-state index < -0.39 is 17.6 Å². The Balaban J connectivity index is 1.58. The third-order valence-corrected chi connectivity index (χ3v) is 5.13. The first-order chi connectivity index (χ1) is 12.4. The molecule has 0 radical (unpaired) electrons. The molecule has 0 saturated heterocycles. The number of hydrazine groups is 1. The van der Waals surface area contributed by atoms with Gasteiger partial charge < -0.3 is 4.74 Å². The number of benzene rings is 2. The summed E-state index contributed by atoms with van der Waals surface area (Å²) in [7, 11) is 0. The molecule has 0 aliphatic rings. The summed E-state index contributed by atoms with van der Waals surface area (Å²) in [6.45, 7) is 1.66. The third kappa shape index (κ3) is 4.12. The molecule has 26 heavy (non-hydrogen) atoms. The maximum Gasteiger partial charge on any atom is 0.281 e. The zero-order valence-electron chi connectivity index (χ0n) is 13.6. The Labute approximate surface area is 157 Å². The number of aryl methyl sites for hydroxylation is 1. The Bertz CT molecular complexity index is 990. The summed E-state index contributed by atoms with van der Waals surface area (Å²) in [6, 6.07) is 11.3. The summed E-state index contributed by atoms with van der Waals surface area (Å²) >= 11 is 7.21. The summed E-state index contributed by atoms with van der Waals surface area (Å²) in [4.78, 5) is 24.2. The molecule has 0 bridgehead atoms. The molecule has 0 aliphatic carbocycles. The van der Waals surface area contributed by atoms with Gasteiger partial charge >= 0.3 is 0 Å². The Hall–Kier alpha value is -2.64. The van der Waals surface area contributed by atoms with Crippen LogP contribution in [0.4, 0.5) is 4.39 Å². The lowest BCUT2D eigenvalue weighted by Gasteiger charge is -2.08. The molecular formula is C18H14ClFN2O3S. The topological polar surface area (TPSA) is 67.4 Å². The number of hydrogen-bond donors (Lipinski definition) is 2. The van der Waals surface area contributed by atoms with E-state index in [9.17, 15) is 14.0 Å². The normalized spacial score (nSPS) is 10.6. The average Bonchev–Trinajstić information content (AvgIpc) is 2.94. The Morgan fingerprint density at radius 2 is 2.00 bits per heavy atom. The highest BCUT2D eigenvalue weighted by molar-refractivity contribution is 7.21. The van der Waals surface area contributed by atoms with Gasteiger partial charge in [-0.2, -0.15) is 0 Å². The largest absolute Gasteiger partial charge is 0.484 e. The minimum atomic E-state index is -0.583. The lowest BCUT2D eigenvalue weighted by Crippen LogP contribution is -2.43. The molecule has 0 atom stereocenters. The van der Waals surface area contributed by atoms with Crippen molar-refractivity contribution in [3.05, 3.63) is 63.7 Å². The van der Waals surface area contributed by atoms with Crippen LogP contribution in [0.1, 0.15) is 15.2 Å². The van der Waals surface area contributed by atoms with Crippen molar-refractivity contribution in [3.8, 4) is 5.75 Å². The van der Waals surface area contributed by atoms with Crippen molar-refractivity contribution in [2.24, 2.45) is 0 Å². The van der Waals surface area contributed by atoms with Crippen LogP contribution in [0.25, 0.3) is 10.1 Å². The van der Waals surface area contributed by atoms with Crippen LogP contribution in [0, 0.1) is 12.7 Å². The van der Waals surface area contributed by atoms with Gasteiger partial charge in [-0.25, -0.2) is 4.39 Å². The fourth-order valence-electron chi connectivity index (χ4n) is 2.26. The molecular weight excluding hydrogens is 379 g/mol. The van der Waals surface area contributed by atoms with Crippen LogP contribution in [-0.2, 0) is 4.79 Å². The summed E-state index contributed by atoms with van der Waals surface area (Å²) in [5, 5.41) is 0.796. The minimum absolute atomic E-state index is 0.187. The average molecular weight is 393 g/mol. The highest BCUT2D eigenvalue weighted by atomic mass is 35.5. The molecule has 134 valence electrons. The number of halogens is 2. The van der Waals surface area contributed by atoms with E-state index in [0.29, 0.717) is 15.8 Å². The molecule has 0 aliphatic heterocycles. The summed E-state index contributed by atoms with van der Waals surface area (Å²) in [6.07, 6.45) is 0. The number of ether oxygens (including phenoxy) is 1. The predicted molar refractivity (Wildman–Crippen MR) is 99.1 cm³/mol. The summed E-state index contributed by atoms with van der Waals surface area (Å²) in [5.74, 6) is -0.964. The number of rotatable bonds is 4. The van der Waals surface area contributed by atoms with Gasteiger partial charge in [-0.1, -0.05) is 23.7 Å². The van der Waals surface area contributed by atoms with E-state index in [1.165, 1.54) is 18.2 Å². The van der Waals surface area contributed by atoms with E-state index in [-0.39, 0.29) is 16.5 Å². The number of fused-ring (bicyclic) bond motifs is 1. The molecule has 2 aromatic carbocycles. The first-order valence-electron chi connectivity index (χ1n) is 7.60. The lowest BCUT2D eigenvalue weighted by molar-refractivity contribution is -0.123.